The molecule has 3 aromatic rings. The van der Waals surface area contributed by atoms with Gasteiger partial charge < -0.3 is 4.74 Å². The van der Waals surface area contributed by atoms with E-state index < -0.39 is 69.3 Å². The van der Waals surface area contributed by atoms with Crippen molar-refractivity contribution in [1.29, 1.82) is 0 Å². The quantitative estimate of drug-likeness (QED) is 0.136. The second-order valence-electron chi connectivity index (χ2n) is 10.6. The number of halogens is 9. The highest BCUT2D eigenvalue weighted by atomic mass is 19.3. The van der Waals surface area contributed by atoms with Gasteiger partial charge in [-0.3, -0.25) is 0 Å². The Hall–Kier alpha value is -4.21. The minimum absolute atomic E-state index is 0.200. The molecule has 0 radical (unpaired) electrons. The van der Waals surface area contributed by atoms with Crippen LogP contribution in [0.25, 0.3) is 16.7 Å². The van der Waals surface area contributed by atoms with Crippen molar-refractivity contribution in [3.8, 4) is 16.9 Å². The Labute approximate surface area is 255 Å². The average Bonchev–Trinajstić information content (AvgIpc) is 2.96. The van der Waals surface area contributed by atoms with Crippen molar-refractivity contribution in [2.45, 2.75) is 51.1 Å². The van der Waals surface area contributed by atoms with Gasteiger partial charge in [-0.1, -0.05) is 30.7 Å². The summed E-state index contributed by atoms with van der Waals surface area (Å²) in [5, 5.41) is 0. The third-order valence-electron chi connectivity index (χ3n) is 7.44. The van der Waals surface area contributed by atoms with Crippen molar-refractivity contribution in [2.75, 3.05) is 0 Å². The van der Waals surface area contributed by atoms with Crippen molar-refractivity contribution < 1.29 is 44.3 Å². The Morgan fingerprint density at radius 2 is 1.40 bits per heavy atom. The molecule has 0 saturated carbocycles. The van der Waals surface area contributed by atoms with Crippen LogP contribution in [0.4, 0.5) is 39.5 Å². The summed E-state index contributed by atoms with van der Waals surface area (Å²) in [5.41, 5.74) is -3.23. The molecular weight excluding hydrogens is 607 g/mol. The third kappa shape index (κ3) is 8.29. The minimum Gasteiger partial charge on any atom is -0.429 e. The van der Waals surface area contributed by atoms with Gasteiger partial charge >= 0.3 is 6.11 Å². The van der Waals surface area contributed by atoms with Crippen molar-refractivity contribution in [1.82, 2.24) is 0 Å². The van der Waals surface area contributed by atoms with Gasteiger partial charge in [0.25, 0.3) is 0 Å². The number of hydrogen-bond donors (Lipinski definition) is 0. The van der Waals surface area contributed by atoms with Crippen molar-refractivity contribution in [3.63, 3.8) is 0 Å². The zero-order valence-corrected chi connectivity index (χ0v) is 24.0. The molecule has 1 unspecified atom stereocenters. The Balaban J connectivity index is 1.60. The summed E-state index contributed by atoms with van der Waals surface area (Å²) < 4.78 is 135. The standard InChI is InChI=1S/C35H29F9O/c1-2-3-9-21-10-5-4-6-13-27(36)25(12-8-7-11-21)22-16-29(38)33(30(39)17-22)35(43,44)45-24-14-15-26(28(37)20-24)23-18-31(40)34(42)32(41)19-23/h2,6,8,12-21H,1,3-5,7,9-11H2/b12-8-,13-6+,27-25-. The largest absolute Gasteiger partial charge is 0.432 e. The number of ether oxygens (including phenoxy) is 1. The van der Waals surface area contributed by atoms with E-state index in [0.29, 0.717) is 49.1 Å². The molecule has 1 atom stereocenters. The smallest absolute Gasteiger partial charge is 0.429 e. The van der Waals surface area contributed by atoms with E-state index >= 15 is 22.0 Å². The summed E-state index contributed by atoms with van der Waals surface area (Å²) in [6, 6.07) is 4.14. The SMILES string of the molecule is C=CCCC1CC\C=C/C(c2cc(F)c(C(F)(F)Oc3ccc(-c4cc(F)c(F)c(F)c4)c(F)c3)c(F)c2)=C(F)\C=C\CCC1. The van der Waals surface area contributed by atoms with Crippen LogP contribution < -0.4 is 4.74 Å². The Morgan fingerprint density at radius 3 is 2.04 bits per heavy atom. The predicted molar refractivity (Wildman–Crippen MR) is 155 cm³/mol. The Bertz CT molecular complexity index is 1590. The topological polar surface area (TPSA) is 9.23 Å². The van der Waals surface area contributed by atoms with Gasteiger partial charge in [-0.05, 0) is 98.0 Å². The van der Waals surface area contributed by atoms with Gasteiger partial charge in [-0.15, -0.1) is 6.58 Å². The molecule has 0 aliphatic heterocycles. The first kappa shape index (κ1) is 33.7. The van der Waals surface area contributed by atoms with E-state index in [4.69, 9.17) is 0 Å². The molecule has 1 aliphatic carbocycles. The lowest BCUT2D eigenvalue weighted by Gasteiger charge is -2.20. The van der Waals surface area contributed by atoms with Crippen LogP contribution in [-0.2, 0) is 6.11 Å². The minimum atomic E-state index is -4.66. The molecule has 0 spiro atoms. The molecule has 238 valence electrons. The van der Waals surface area contributed by atoms with Gasteiger partial charge in [0.05, 0.1) is 0 Å². The van der Waals surface area contributed by atoms with Gasteiger partial charge in [-0.25, -0.2) is 30.7 Å². The summed E-state index contributed by atoms with van der Waals surface area (Å²) in [5.74, 6) is -11.0. The summed E-state index contributed by atoms with van der Waals surface area (Å²) in [4.78, 5) is 0. The number of rotatable bonds is 8. The van der Waals surface area contributed by atoms with E-state index in [0.717, 1.165) is 44.2 Å². The van der Waals surface area contributed by atoms with E-state index in [1.807, 2.05) is 6.08 Å². The van der Waals surface area contributed by atoms with Gasteiger partial charge in [0.2, 0.25) is 0 Å². The second kappa shape index (κ2) is 14.7. The highest BCUT2D eigenvalue weighted by Crippen LogP contribution is 2.38. The summed E-state index contributed by atoms with van der Waals surface area (Å²) >= 11 is 0. The summed E-state index contributed by atoms with van der Waals surface area (Å²) in [7, 11) is 0. The third-order valence-corrected chi connectivity index (χ3v) is 7.44. The van der Waals surface area contributed by atoms with Crippen molar-refractivity contribution in [2.24, 2.45) is 5.92 Å². The molecule has 0 amide bonds. The van der Waals surface area contributed by atoms with E-state index in [2.05, 4.69) is 11.3 Å². The first-order valence-corrected chi connectivity index (χ1v) is 14.3. The Kier molecular flexibility index (Phi) is 11.0. The molecule has 0 aromatic heterocycles. The molecule has 0 fully saturated rings. The summed E-state index contributed by atoms with van der Waals surface area (Å²) in [6.45, 7) is 3.75. The number of alkyl halides is 2. The number of allylic oxidation sites excluding steroid dienone is 7. The van der Waals surface area contributed by atoms with Crippen LogP contribution in [-0.4, -0.2) is 0 Å². The second-order valence-corrected chi connectivity index (χ2v) is 10.6. The number of hydrogen-bond acceptors (Lipinski definition) is 1. The zero-order valence-electron chi connectivity index (χ0n) is 24.0. The molecule has 0 saturated heterocycles. The monoisotopic (exact) mass is 636 g/mol. The lowest BCUT2D eigenvalue weighted by molar-refractivity contribution is -0.189. The maximum Gasteiger partial charge on any atom is 0.432 e. The lowest BCUT2D eigenvalue weighted by Crippen LogP contribution is -2.25. The highest BCUT2D eigenvalue weighted by molar-refractivity contribution is 5.77. The van der Waals surface area contributed by atoms with Gasteiger partial charge in [0, 0.05) is 17.2 Å². The van der Waals surface area contributed by atoms with Crippen LogP contribution in [0.1, 0.15) is 56.1 Å². The molecular formula is C35H29F9O. The Morgan fingerprint density at radius 1 is 0.756 bits per heavy atom. The molecule has 0 heterocycles. The fourth-order valence-electron chi connectivity index (χ4n) is 5.14. The average molecular weight is 637 g/mol. The number of benzene rings is 3. The molecule has 4 rings (SSSR count). The fourth-order valence-corrected chi connectivity index (χ4v) is 5.14. The molecule has 0 N–H and O–H groups in total. The molecule has 0 bridgehead atoms. The summed E-state index contributed by atoms with van der Waals surface area (Å²) in [6.07, 6.45) is 8.56. The van der Waals surface area contributed by atoms with Crippen LogP contribution in [0.2, 0.25) is 0 Å². The van der Waals surface area contributed by atoms with Gasteiger partial charge in [0.1, 0.15) is 34.6 Å². The van der Waals surface area contributed by atoms with Crippen LogP contribution in [0.3, 0.4) is 0 Å². The van der Waals surface area contributed by atoms with Crippen LogP contribution in [0, 0.1) is 40.8 Å². The van der Waals surface area contributed by atoms with Gasteiger partial charge in [-0.2, -0.15) is 8.78 Å². The first-order chi connectivity index (χ1) is 21.4. The van der Waals surface area contributed by atoms with Crippen molar-refractivity contribution in [3.05, 3.63) is 131 Å². The molecule has 45 heavy (non-hydrogen) atoms. The van der Waals surface area contributed by atoms with Gasteiger partial charge in [0.15, 0.2) is 17.5 Å². The maximum atomic E-state index is 15.1. The zero-order chi connectivity index (χ0) is 32.7. The van der Waals surface area contributed by atoms with Crippen LogP contribution >= 0.6 is 0 Å². The predicted octanol–water partition coefficient (Wildman–Crippen LogP) is 11.7. The van der Waals surface area contributed by atoms with Crippen molar-refractivity contribution >= 4 is 5.57 Å². The van der Waals surface area contributed by atoms with E-state index in [1.165, 1.54) is 12.2 Å². The maximum absolute atomic E-state index is 15.1. The lowest BCUT2D eigenvalue weighted by atomic mass is 9.91. The van der Waals surface area contributed by atoms with E-state index in [9.17, 15) is 17.6 Å². The van der Waals surface area contributed by atoms with E-state index in [1.54, 1.807) is 12.2 Å². The molecule has 1 aliphatic rings. The normalized spacial score (nSPS) is 19.4. The molecule has 1 nitrogen and oxygen atoms in total. The van der Waals surface area contributed by atoms with Crippen LogP contribution in [0.5, 0.6) is 5.75 Å². The molecule has 10 heteroatoms. The van der Waals surface area contributed by atoms with E-state index in [-0.39, 0.29) is 11.1 Å². The molecule has 3 aromatic carbocycles. The highest BCUT2D eigenvalue weighted by Gasteiger charge is 2.41. The van der Waals surface area contributed by atoms with Crippen LogP contribution in [0.15, 0.2) is 85.3 Å². The first-order valence-electron chi connectivity index (χ1n) is 14.3. The fraction of sp³-hybridized carbons (Fsp3) is 0.257.